The van der Waals surface area contributed by atoms with Gasteiger partial charge in [-0.3, -0.25) is 4.79 Å². The van der Waals surface area contributed by atoms with Crippen LogP contribution in [-0.4, -0.2) is 49.7 Å². The number of hydrogen-bond donors (Lipinski definition) is 1. The predicted molar refractivity (Wildman–Crippen MR) is 59.8 cm³/mol. The minimum Gasteiger partial charge on any atom is -0.377 e. The fourth-order valence-corrected chi connectivity index (χ4v) is 1.80. The van der Waals surface area contributed by atoms with E-state index in [1.165, 1.54) is 0 Å². The molecule has 0 aliphatic carbocycles. The van der Waals surface area contributed by atoms with E-state index in [1.54, 1.807) is 0 Å². The molecular formula is C11H22N2O2. The van der Waals surface area contributed by atoms with E-state index in [4.69, 9.17) is 4.74 Å². The molecule has 88 valence electrons. The fourth-order valence-electron chi connectivity index (χ4n) is 1.80. The lowest BCUT2D eigenvalue weighted by Crippen LogP contribution is -2.51. The number of amides is 1. The smallest absolute Gasteiger partial charge is 0.236 e. The Morgan fingerprint density at radius 1 is 1.53 bits per heavy atom. The van der Waals surface area contributed by atoms with Crippen LogP contribution in [0.15, 0.2) is 0 Å². The third-order valence-electron chi connectivity index (χ3n) is 2.72. The Morgan fingerprint density at radius 2 is 2.33 bits per heavy atom. The molecular weight excluding hydrogens is 192 g/mol. The summed E-state index contributed by atoms with van der Waals surface area (Å²) in [6, 6.07) is 0.273. The molecule has 0 aromatic heterocycles. The summed E-state index contributed by atoms with van der Waals surface area (Å²) in [5.41, 5.74) is 0. The molecule has 1 N–H and O–H groups in total. The molecule has 0 saturated carbocycles. The zero-order chi connectivity index (χ0) is 11.1. The monoisotopic (exact) mass is 214 g/mol. The third-order valence-corrected chi connectivity index (χ3v) is 2.72. The van der Waals surface area contributed by atoms with E-state index in [2.05, 4.69) is 19.2 Å². The van der Waals surface area contributed by atoms with Crippen LogP contribution in [0.1, 0.15) is 26.7 Å². The van der Waals surface area contributed by atoms with Crippen molar-refractivity contribution >= 4 is 5.91 Å². The van der Waals surface area contributed by atoms with E-state index >= 15 is 0 Å². The molecule has 1 aliphatic rings. The van der Waals surface area contributed by atoms with Gasteiger partial charge in [0.1, 0.15) is 0 Å². The molecule has 1 atom stereocenters. The molecule has 0 bridgehead atoms. The first-order chi connectivity index (χ1) is 7.29. The summed E-state index contributed by atoms with van der Waals surface area (Å²) in [6.45, 7) is 7.68. The molecule has 1 rings (SSSR count). The summed E-state index contributed by atoms with van der Waals surface area (Å²) < 4.78 is 5.36. The van der Waals surface area contributed by atoms with Crippen LogP contribution in [-0.2, 0) is 9.53 Å². The van der Waals surface area contributed by atoms with Crippen molar-refractivity contribution in [1.82, 2.24) is 10.2 Å². The zero-order valence-corrected chi connectivity index (χ0v) is 9.79. The number of carbonyl (C=O) groups is 1. The van der Waals surface area contributed by atoms with E-state index in [9.17, 15) is 4.79 Å². The highest BCUT2D eigenvalue weighted by atomic mass is 16.5. The van der Waals surface area contributed by atoms with Gasteiger partial charge < -0.3 is 15.0 Å². The normalized spacial score (nSPS) is 21.7. The molecule has 1 amide bonds. The Balaban J connectivity index is 2.34. The SMILES string of the molecule is CCCNCC(=O)N1CCOCC1CC. The second-order valence-electron chi connectivity index (χ2n) is 3.90. The van der Waals surface area contributed by atoms with Crippen molar-refractivity contribution in [2.75, 3.05) is 32.8 Å². The van der Waals surface area contributed by atoms with E-state index in [0.29, 0.717) is 19.8 Å². The van der Waals surface area contributed by atoms with Crippen LogP contribution < -0.4 is 5.32 Å². The molecule has 1 unspecified atom stereocenters. The van der Waals surface area contributed by atoms with Crippen LogP contribution >= 0.6 is 0 Å². The predicted octanol–water partition coefficient (Wildman–Crippen LogP) is 0.623. The van der Waals surface area contributed by atoms with E-state index < -0.39 is 0 Å². The number of morpholine rings is 1. The zero-order valence-electron chi connectivity index (χ0n) is 9.79. The Kier molecular flexibility index (Phi) is 5.65. The first kappa shape index (κ1) is 12.5. The second kappa shape index (κ2) is 6.80. The van der Waals surface area contributed by atoms with Crippen molar-refractivity contribution in [1.29, 1.82) is 0 Å². The van der Waals surface area contributed by atoms with Crippen LogP contribution in [0.3, 0.4) is 0 Å². The van der Waals surface area contributed by atoms with Gasteiger partial charge in [0, 0.05) is 6.54 Å². The van der Waals surface area contributed by atoms with Gasteiger partial charge in [0.15, 0.2) is 0 Å². The molecule has 1 heterocycles. The van der Waals surface area contributed by atoms with Gasteiger partial charge in [0.05, 0.1) is 25.8 Å². The van der Waals surface area contributed by atoms with Crippen molar-refractivity contribution in [3.63, 3.8) is 0 Å². The third kappa shape index (κ3) is 3.80. The van der Waals surface area contributed by atoms with Crippen molar-refractivity contribution in [2.24, 2.45) is 0 Å². The fraction of sp³-hybridized carbons (Fsp3) is 0.909. The maximum Gasteiger partial charge on any atom is 0.236 e. The molecule has 1 fully saturated rings. The van der Waals surface area contributed by atoms with Crippen LogP contribution in [0.2, 0.25) is 0 Å². The second-order valence-corrected chi connectivity index (χ2v) is 3.90. The summed E-state index contributed by atoms with van der Waals surface area (Å²) in [7, 11) is 0. The quantitative estimate of drug-likeness (QED) is 0.682. The largest absolute Gasteiger partial charge is 0.377 e. The highest BCUT2D eigenvalue weighted by molar-refractivity contribution is 5.78. The number of rotatable bonds is 5. The van der Waals surface area contributed by atoms with Crippen LogP contribution in [0.4, 0.5) is 0 Å². The molecule has 0 aromatic carbocycles. The van der Waals surface area contributed by atoms with Crippen LogP contribution in [0.25, 0.3) is 0 Å². The average molecular weight is 214 g/mol. The Bertz CT molecular complexity index is 197. The highest BCUT2D eigenvalue weighted by Gasteiger charge is 2.25. The van der Waals surface area contributed by atoms with Crippen molar-refractivity contribution in [3.8, 4) is 0 Å². The molecule has 4 heteroatoms. The summed E-state index contributed by atoms with van der Waals surface area (Å²) >= 11 is 0. The number of hydrogen-bond acceptors (Lipinski definition) is 3. The Hall–Kier alpha value is -0.610. The van der Waals surface area contributed by atoms with Crippen molar-refractivity contribution in [3.05, 3.63) is 0 Å². The molecule has 1 saturated heterocycles. The van der Waals surface area contributed by atoms with Gasteiger partial charge in [0.2, 0.25) is 5.91 Å². The van der Waals surface area contributed by atoms with Gasteiger partial charge in [-0.1, -0.05) is 13.8 Å². The molecule has 4 nitrogen and oxygen atoms in total. The minimum absolute atomic E-state index is 0.207. The van der Waals surface area contributed by atoms with Crippen molar-refractivity contribution < 1.29 is 9.53 Å². The van der Waals surface area contributed by atoms with Crippen LogP contribution in [0.5, 0.6) is 0 Å². The van der Waals surface area contributed by atoms with Gasteiger partial charge in [0.25, 0.3) is 0 Å². The summed E-state index contributed by atoms with van der Waals surface area (Å²) in [5.74, 6) is 0.207. The number of nitrogens with zero attached hydrogens (tertiary/aromatic N) is 1. The van der Waals surface area contributed by atoms with E-state index in [-0.39, 0.29) is 11.9 Å². The molecule has 1 aliphatic heterocycles. The van der Waals surface area contributed by atoms with Gasteiger partial charge in [-0.15, -0.1) is 0 Å². The van der Waals surface area contributed by atoms with Gasteiger partial charge in [-0.2, -0.15) is 0 Å². The topological polar surface area (TPSA) is 41.6 Å². The minimum atomic E-state index is 0.207. The first-order valence-corrected chi connectivity index (χ1v) is 5.87. The lowest BCUT2D eigenvalue weighted by atomic mass is 10.2. The Morgan fingerprint density at radius 3 is 3.00 bits per heavy atom. The van der Waals surface area contributed by atoms with E-state index in [0.717, 1.165) is 25.9 Å². The lowest BCUT2D eigenvalue weighted by molar-refractivity contribution is -0.138. The van der Waals surface area contributed by atoms with E-state index in [1.807, 2.05) is 4.90 Å². The number of carbonyl (C=O) groups excluding carboxylic acids is 1. The highest BCUT2D eigenvalue weighted by Crippen LogP contribution is 2.09. The van der Waals surface area contributed by atoms with Gasteiger partial charge >= 0.3 is 0 Å². The van der Waals surface area contributed by atoms with Crippen molar-refractivity contribution in [2.45, 2.75) is 32.7 Å². The summed E-state index contributed by atoms with van der Waals surface area (Å²) in [6.07, 6.45) is 2.03. The lowest BCUT2D eigenvalue weighted by Gasteiger charge is -2.35. The number of ether oxygens (including phenoxy) is 1. The summed E-state index contributed by atoms with van der Waals surface area (Å²) in [5, 5.41) is 3.14. The van der Waals surface area contributed by atoms with Gasteiger partial charge in [-0.25, -0.2) is 0 Å². The standard InChI is InChI=1S/C11H22N2O2/c1-3-5-12-8-11(14)13-6-7-15-9-10(13)4-2/h10,12H,3-9H2,1-2H3. The average Bonchev–Trinajstić information content (AvgIpc) is 2.29. The Labute approximate surface area is 92.0 Å². The molecule has 0 aromatic rings. The van der Waals surface area contributed by atoms with Crippen LogP contribution in [0, 0.1) is 0 Å². The first-order valence-electron chi connectivity index (χ1n) is 5.87. The molecule has 0 spiro atoms. The van der Waals surface area contributed by atoms with Gasteiger partial charge in [-0.05, 0) is 19.4 Å². The maximum absolute atomic E-state index is 11.9. The molecule has 15 heavy (non-hydrogen) atoms. The molecule has 0 radical (unpaired) electrons. The maximum atomic E-state index is 11.9. The summed E-state index contributed by atoms with van der Waals surface area (Å²) in [4.78, 5) is 13.8. The number of nitrogens with one attached hydrogen (secondary N) is 1.